The third-order valence-corrected chi connectivity index (χ3v) is 7.16. The average molecular weight is 499 g/mol. The first kappa shape index (κ1) is 24.8. The summed E-state index contributed by atoms with van der Waals surface area (Å²) in [6.45, 7) is 0.903. The van der Waals surface area contributed by atoms with Gasteiger partial charge in [-0.1, -0.05) is 37.5 Å². The van der Waals surface area contributed by atoms with E-state index in [0.29, 0.717) is 23.2 Å². The lowest BCUT2D eigenvalue weighted by molar-refractivity contribution is 0.0958. The van der Waals surface area contributed by atoms with Crippen molar-refractivity contribution in [3.63, 3.8) is 0 Å². The molecule has 4 aromatic rings. The van der Waals surface area contributed by atoms with E-state index < -0.39 is 0 Å². The zero-order valence-corrected chi connectivity index (χ0v) is 21.7. The van der Waals surface area contributed by atoms with Crippen LogP contribution >= 0.6 is 0 Å². The Balaban J connectivity index is 1.35. The normalized spacial score (nSPS) is 14.2. The fraction of sp³-hybridized carbons (Fsp3) is 0.345. The summed E-state index contributed by atoms with van der Waals surface area (Å²) in [7, 11) is 5.82. The van der Waals surface area contributed by atoms with Crippen molar-refractivity contribution in [2.24, 2.45) is 7.05 Å². The van der Waals surface area contributed by atoms with Crippen LogP contribution in [0.2, 0.25) is 0 Å². The number of imidazole rings is 1. The summed E-state index contributed by atoms with van der Waals surface area (Å²) in [5, 5.41) is 6.14. The van der Waals surface area contributed by atoms with Crippen LogP contribution in [0.25, 0.3) is 11.0 Å². The molecule has 0 bridgehead atoms. The largest absolute Gasteiger partial charge is 0.457 e. The van der Waals surface area contributed by atoms with E-state index in [-0.39, 0.29) is 5.91 Å². The molecule has 0 aliphatic heterocycles. The smallest absolute Gasteiger partial charge is 0.269 e. The molecule has 1 aliphatic carbocycles. The van der Waals surface area contributed by atoms with E-state index >= 15 is 0 Å². The van der Waals surface area contributed by atoms with Crippen LogP contribution < -0.4 is 15.4 Å². The Morgan fingerprint density at radius 2 is 1.86 bits per heavy atom. The molecule has 2 aromatic carbocycles. The zero-order chi connectivity index (χ0) is 25.8. The number of benzene rings is 2. The molecule has 0 radical (unpaired) electrons. The molecule has 2 aromatic heterocycles. The van der Waals surface area contributed by atoms with Crippen molar-refractivity contribution in [1.29, 1.82) is 0 Å². The van der Waals surface area contributed by atoms with Gasteiger partial charge in [0.15, 0.2) is 0 Å². The fourth-order valence-electron chi connectivity index (χ4n) is 5.04. The van der Waals surface area contributed by atoms with E-state index in [9.17, 15) is 4.79 Å². The van der Waals surface area contributed by atoms with Crippen molar-refractivity contribution >= 4 is 28.6 Å². The number of hydrogen-bond donors (Lipinski definition) is 2. The van der Waals surface area contributed by atoms with Crippen molar-refractivity contribution in [2.45, 2.75) is 44.7 Å². The monoisotopic (exact) mass is 498 g/mol. The first-order valence-electron chi connectivity index (χ1n) is 12.9. The molecule has 0 unspecified atom stereocenters. The third-order valence-electron chi connectivity index (χ3n) is 7.16. The Hall–Kier alpha value is -3.91. The van der Waals surface area contributed by atoms with Crippen molar-refractivity contribution in [1.82, 2.24) is 24.8 Å². The van der Waals surface area contributed by atoms with E-state index in [1.807, 2.05) is 25.2 Å². The lowest BCUT2D eigenvalue weighted by atomic mass is 9.94. The van der Waals surface area contributed by atoms with E-state index in [1.54, 1.807) is 25.4 Å². The van der Waals surface area contributed by atoms with Crippen LogP contribution in [0.4, 0.5) is 11.6 Å². The average Bonchev–Trinajstić information content (AvgIpc) is 3.24. The quantitative estimate of drug-likeness (QED) is 0.328. The SMILES string of the molecule is CNC(=O)c1cc(Oc2ccc3c(c2)nc(Nc2ccccc2CN(C)C2CCCCC2)n3C)ccn1. The molecule has 8 nitrogen and oxygen atoms in total. The lowest BCUT2D eigenvalue weighted by Crippen LogP contribution is -2.33. The minimum Gasteiger partial charge on any atom is -0.457 e. The summed E-state index contributed by atoms with van der Waals surface area (Å²) in [4.78, 5) is 23.3. The predicted octanol–water partition coefficient (Wildman–Crippen LogP) is 5.63. The number of pyridine rings is 1. The number of rotatable bonds is 8. The van der Waals surface area contributed by atoms with Gasteiger partial charge < -0.3 is 19.9 Å². The van der Waals surface area contributed by atoms with Crippen molar-refractivity contribution < 1.29 is 9.53 Å². The number of para-hydroxylation sites is 1. The Morgan fingerprint density at radius 1 is 1.08 bits per heavy atom. The van der Waals surface area contributed by atoms with Crippen LogP contribution in [0.15, 0.2) is 60.8 Å². The van der Waals surface area contributed by atoms with Gasteiger partial charge in [-0.3, -0.25) is 14.7 Å². The molecular formula is C29H34N6O2. The highest BCUT2D eigenvalue weighted by atomic mass is 16.5. The lowest BCUT2D eigenvalue weighted by Gasteiger charge is -2.31. The van der Waals surface area contributed by atoms with Gasteiger partial charge >= 0.3 is 0 Å². The second kappa shape index (κ2) is 11.0. The number of nitrogens with zero attached hydrogens (tertiary/aromatic N) is 4. The van der Waals surface area contributed by atoms with Crippen molar-refractivity contribution in [3.05, 3.63) is 72.1 Å². The molecule has 37 heavy (non-hydrogen) atoms. The number of aryl methyl sites for hydroxylation is 1. The van der Waals surface area contributed by atoms with Gasteiger partial charge in [0.1, 0.15) is 17.2 Å². The molecule has 1 fully saturated rings. The Morgan fingerprint density at radius 3 is 2.68 bits per heavy atom. The maximum atomic E-state index is 11.9. The number of carbonyl (C=O) groups is 1. The van der Waals surface area contributed by atoms with Crippen LogP contribution in [0.5, 0.6) is 11.5 Å². The van der Waals surface area contributed by atoms with E-state index in [0.717, 1.165) is 29.2 Å². The van der Waals surface area contributed by atoms with Gasteiger partial charge in [0.05, 0.1) is 11.0 Å². The summed E-state index contributed by atoms with van der Waals surface area (Å²) in [5.41, 5.74) is 4.44. The topological polar surface area (TPSA) is 84.3 Å². The molecule has 0 atom stereocenters. The summed E-state index contributed by atoms with van der Waals surface area (Å²) in [5.74, 6) is 1.69. The highest BCUT2D eigenvalue weighted by molar-refractivity contribution is 5.92. The van der Waals surface area contributed by atoms with Crippen LogP contribution in [0.3, 0.4) is 0 Å². The number of aromatic nitrogens is 3. The molecule has 0 saturated heterocycles. The molecule has 1 amide bonds. The number of carbonyl (C=O) groups excluding carboxylic acids is 1. The fourth-order valence-corrected chi connectivity index (χ4v) is 5.04. The first-order chi connectivity index (χ1) is 18.0. The van der Waals surface area contributed by atoms with Crippen LogP contribution in [0, 0.1) is 0 Å². The molecular weight excluding hydrogens is 464 g/mol. The van der Waals surface area contributed by atoms with E-state index in [2.05, 4.69) is 56.4 Å². The number of anilines is 2. The number of nitrogens with one attached hydrogen (secondary N) is 2. The third kappa shape index (κ3) is 5.59. The Kier molecular flexibility index (Phi) is 7.37. The van der Waals surface area contributed by atoms with Gasteiger partial charge in [-0.2, -0.15) is 0 Å². The van der Waals surface area contributed by atoms with Crippen LogP contribution in [-0.2, 0) is 13.6 Å². The molecule has 5 rings (SSSR count). The second-order valence-corrected chi connectivity index (χ2v) is 9.69. The summed E-state index contributed by atoms with van der Waals surface area (Å²) >= 11 is 0. The van der Waals surface area contributed by atoms with E-state index in [1.165, 1.54) is 37.7 Å². The maximum absolute atomic E-state index is 11.9. The van der Waals surface area contributed by atoms with Gasteiger partial charge in [0, 0.05) is 50.7 Å². The minimum absolute atomic E-state index is 0.258. The maximum Gasteiger partial charge on any atom is 0.269 e. The number of fused-ring (bicyclic) bond motifs is 1. The Bertz CT molecular complexity index is 1390. The molecule has 0 spiro atoms. The van der Waals surface area contributed by atoms with Gasteiger partial charge in [-0.15, -0.1) is 0 Å². The predicted molar refractivity (Wildman–Crippen MR) is 146 cm³/mol. The van der Waals surface area contributed by atoms with Crippen molar-refractivity contribution in [3.8, 4) is 11.5 Å². The van der Waals surface area contributed by atoms with Crippen LogP contribution in [0.1, 0.15) is 48.2 Å². The number of hydrogen-bond acceptors (Lipinski definition) is 6. The van der Waals surface area contributed by atoms with E-state index in [4.69, 9.17) is 9.72 Å². The van der Waals surface area contributed by atoms with Crippen LogP contribution in [-0.4, -0.2) is 45.5 Å². The van der Waals surface area contributed by atoms with Gasteiger partial charge in [0.25, 0.3) is 5.91 Å². The standard InChI is InChI=1S/C29H34N6O2/c1-30-28(36)26-18-23(15-16-31-26)37-22-13-14-27-25(17-22)33-29(35(27)3)32-24-12-8-7-9-20(24)19-34(2)21-10-5-4-6-11-21/h7-9,12-18,21H,4-6,10-11,19H2,1-3H3,(H,30,36)(H,32,33). The van der Waals surface area contributed by atoms with Gasteiger partial charge in [-0.25, -0.2) is 4.98 Å². The number of ether oxygens (including phenoxy) is 1. The number of amides is 1. The van der Waals surface area contributed by atoms with Gasteiger partial charge in [-0.05, 0) is 49.7 Å². The minimum atomic E-state index is -0.258. The van der Waals surface area contributed by atoms with Gasteiger partial charge in [0.2, 0.25) is 5.95 Å². The molecule has 2 N–H and O–H groups in total. The van der Waals surface area contributed by atoms with Crippen molar-refractivity contribution in [2.75, 3.05) is 19.4 Å². The Labute approximate surface area is 217 Å². The molecule has 1 saturated carbocycles. The summed E-state index contributed by atoms with van der Waals surface area (Å²) in [6.07, 6.45) is 8.15. The second-order valence-electron chi connectivity index (χ2n) is 9.69. The summed E-state index contributed by atoms with van der Waals surface area (Å²) < 4.78 is 8.07. The molecule has 2 heterocycles. The zero-order valence-electron chi connectivity index (χ0n) is 21.7. The first-order valence-corrected chi connectivity index (χ1v) is 12.9. The summed E-state index contributed by atoms with van der Waals surface area (Å²) in [6, 6.07) is 18.3. The highest BCUT2D eigenvalue weighted by Gasteiger charge is 2.19. The molecule has 1 aliphatic rings. The highest BCUT2D eigenvalue weighted by Crippen LogP contribution is 2.30. The molecule has 8 heteroatoms. The molecule has 192 valence electrons.